The molecule has 0 bridgehead atoms. The van der Waals surface area contributed by atoms with Crippen LogP contribution in [0.1, 0.15) is 39.3 Å². The number of nitrogens with one attached hydrogen (secondary N) is 2. The number of nitrogens with zero attached hydrogens (tertiary/aromatic N) is 1. The van der Waals surface area contributed by atoms with E-state index in [2.05, 4.69) is 15.6 Å². The molecule has 0 fully saturated rings. The van der Waals surface area contributed by atoms with Crippen molar-refractivity contribution in [1.29, 1.82) is 0 Å². The molecule has 2 atom stereocenters. The van der Waals surface area contributed by atoms with Gasteiger partial charge < -0.3 is 25.8 Å². The minimum atomic E-state index is -0.984. The van der Waals surface area contributed by atoms with Crippen LogP contribution in [0.2, 0.25) is 0 Å². The second kappa shape index (κ2) is 9.77. The lowest BCUT2D eigenvalue weighted by molar-refractivity contribution is -0.144. The number of nitrogen functional groups attached to an aromatic ring is 1. The van der Waals surface area contributed by atoms with Crippen molar-refractivity contribution >= 4 is 23.6 Å². The van der Waals surface area contributed by atoms with Gasteiger partial charge in [-0.1, -0.05) is 30.3 Å². The van der Waals surface area contributed by atoms with Gasteiger partial charge in [0.15, 0.2) is 6.04 Å². The average Bonchev–Trinajstić information content (AvgIpc) is 2.65. The first-order valence-corrected chi connectivity index (χ1v) is 9.39. The summed E-state index contributed by atoms with van der Waals surface area (Å²) < 4.78 is 10.6. The van der Waals surface area contributed by atoms with Crippen LogP contribution in [0.4, 0.5) is 16.3 Å². The van der Waals surface area contributed by atoms with E-state index in [-0.39, 0.29) is 6.61 Å². The van der Waals surface area contributed by atoms with Gasteiger partial charge in [-0.05, 0) is 45.4 Å². The number of carbonyl (C=O) groups excluding carboxylic acids is 2. The van der Waals surface area contributed by atoms with Gasteiger partial charge in [0.25, 0.3) is 0 Å². The molecule has 0 saturated carbocycles. The highest BCUT2D eigenvalue weighted by Crippen LogP contribution is 2.24. The van der Waals surface area contributed by atoms with Gasteiger partial charge in [0, 0.05) is 6.20 Å². The number of hydrogen-bond acceptors (Lipinski definition) is 7. The topological polar surface area (TPSA) is 116 Å². The fraction of sp³-hybridized carbons (Fsp3) is 0.381. The monoisotopic (exact) mass is 400 g/mol. The number of anilines is 2. The molecule has 0 aliphatic carbocycles. The Kier molecular flexibility index (Phi) is 7.41. The summed E-state index contributed by atoms with van der Waals surface area (Å²) in [5, 5.41) is 5.79. The third kappa shape index (κ3) is 6.67. The second-order valence-corrected chi connectivity index (χ2v) is 7.35. The summed E-state index contributed by atoms with van der Waals surface area (Å²) in [6.07, 6.45) is 0.899. The molecule has 2 aromatic rings. The van der Waals surface area contributed by atoms with Crippen molar-refractivity contribution in [2.24, 2.45) is 0 Å². The van der Waals surface area contributed by atoms with Gasteiger partial charge in [0.05, 0.1) is 18.3 Å². The number of pyridine rings is 1. The van der Waals surface area contributed by atoms with Crippen molar-refractivity contribution in [3.05, 3.63) is 54.2 Å². The van der Waals surface area contributed by atoms with Crippen molar-refractivity contribution in [1.82, 2.24) is 10.3 Å². The summed E-state index contributed by atoms with van der Waals surface area (Å²) in [5.74, 6) is -0.236. The van der Waals surface area contributed by atoms with E-state index in [1.165, 1.54) is 0 Å². The summed E-state index contributed by atoms with van der Waals surface area (Å²) in [7, 11) is 0. The zero-order valence-corrected chi connectivity index (χ0v) is 17.1. The summed E-state index contributed by atoms with van der Waals surface area (Å²) in [6, 6.07) is 10.7. The Labute approximate surface area is 170 Å². The van der Waals surface area contributed by atoms with Crippen molar-refractivity contribution in [3.8, 4) is 0 Å². The molecule has 0 saturated heterocycles. The van der Waals surface area contributed by atoms with Crippen LogP contribution in [0.5, 0.6) is 0 Å². The lowest BCUT2D eigenvalue weighted by Crippen LogP contribution is -2.47. The molecule has 29 heavy (non-hydrogen) atoms. The first-order valence-electron chi connectivity index (χ1n) is 9.39. The number of esters is 1. The average molecular weight is 400 g/mol. The third-order valence-electron chi connectivity index (χ3n) is 3.84. The number of benzene rings is 1. The van der Waals surface area contributed by atoms with Gasteiger partial charge in [-0.3, -0.25) is 0 Å². The maximum absolute atomic E-state index is 12.8. The minimum absolute atomic E-state index is 0.183. The predicted molar refractivity (Wildman–Crippen MR) is 111 cm³/mol. The molecule has 8 nitrogen and oxygen atoms in total. The van der Waals surface area contributed by atoms with Crippen molar-refractivity contribution in [2.45, 2.75) is 45.4 Å². The quantitative estimate of drug-likeness (QED) is 0.611. The summed E-state index contributed by atoms with van der Waals surface area (Å²) in [6.45, 7) is 7.19. The maximum Gasteiger partial charge on any atom is 0.408 e. The number of carbonyl (C=O) groups is 2. The third-order valence-corrected chi connectivity index (χ3v) is 3.84. The first-order chi connectivity index (χ1) is 13.7. The van der Waals surface area contributed by atoms with Gasteiger partial charge in [0.2, 0.25) is 0 Å². The fourth-order valence-electron chi connectivity index (χ4n) is 2.65. The largest absolute Gasteiger partial charge is 0.464 e. The Morgan fingerprint density at radius 2 is 1.83 bits per heavy atom. The molecule has 1 aromatic carbocycles. The molecule has 0 unspecified atom stereocenters. The molecular formula is C21H28N4O4. The van der Waals surface area contributed by atoms with Crippen molar-refractivity contribution in [2.75, 3.05) is 17.7 Å². The molecule has 1 aromatic heterocycles. The SMILES string of the molecule is CCOC(=O)[C@@H](Nc1ncccc1N)[C@H](NC(=O)OC(C)(C)C)c1ccccc1. The molecule has 0 radical (unpaired) electrons. The number of amides is 1. The minimum Gasteiger partial charge on any atom is -0.464 e. The van der Waals surface area contributed by atoms with Crippen molar-refractivity contribution in [3.63, 3.8) is 0 Å². The Bertz CT molecular complexity index is 821. The molecule has 156 valence electrons. The lowest BCUT2D eigenvalue weighted by atomic mass is 9.99. The fourth-order valence-corrected chi connectivity index (χ4v) is 2.65. The molecule has 1 heterocycles. The smallest absolute Gasteiger partial charge is 0.408 e. The lowest BCUT2D eigenvalue weighted by Gasteiger charge is -2.29. The molecule has 4 N–H and O–H groups in total. The first kappa shape index (κ1) is 22.0. The molecule has 8 heteroatoms. The highest BCUT2D eigenvalue weighted by Gasteiger charge is 2.34. The summed E-state index contributed by atoms with van der Waals surface area (Å²) in [4.78, 5) is 29.5. The zero-order chi connectivity index (χ0) is 21.4. The zero-order valence-electron chi connectivity index (χ0n) is 17.1. The molecule has 1 amide bonds. The number of ether oxygens (including phenoxy) is 2. The number of rotatable bonds is 7. The van der Waals surface area contributed by atoms with Crippen LogP contribution in [-0.2, 0) is 14.3 Å². The second-order valence-electron chi connectivity index (χ2n) is 7.35. The molecule has 0 aliphatic rings. The van der Waals surface area contributed by atoms with Gasteiger partial charge in [-0.25, -0.2) is 14.6 Å². The summed E-state index contributed by atoms with van der Waals surface area (Å²) in [5.41, 5.74) is 6.35. The van der Waals surface area contributed by atoms with Gasteiger partial charge in [-0.2, -0.15) is 0 Å². The number of aromatic nitrogens is 1. The Morgan fingerprint density at radius 3 is 2.41 bits per heavy atom. The Hall–Kier alpha value is -3.29. The van der Waals surface area contributed by atoms with E-state index in [4.69, 9.17) is 15.2 Å². The van der Waals surface area contributed by atoms with Crippen LogP contribution in [0.15, 0.2) is 48.7 Å². The normalized spacial score (nSPS) is 13.1. The van der Waals surface area contributed by atoms with E-state index in [0.717, 1.165) is 0 Å². The highest BCUT2D eigenvalue weighted by molar-refractivity contribution is 5.83. The Morgan fingerprint density at radius 1 is 1.14 bits per heavy atom. The number of nitrogens with two attached hydrogens (primary N) is 1. The van der Waals surface area contributed by atoms with Gasteiger partial charge >= 0.3 is 12.1 Å². The molecule has 0 spiro atoms. The van der Waals surface area contributed by atoms with E-state index >= 15 is 0 Å². The van der Waals surface area contributed by atoms with Crippen LogP contribution in [-0.4, -0.2) is 35.3 Å². The standard InChI is InChI=1S/C21H28N4O4/c1-5-28-19(26)17(24-18-15(22)12-9-13-23-18)16(14-10-7-6-8-11-14)25-20(27)29-21(2,3)4/h6-13,16-17H,5,22H2,1-4H3,(H,23,24)(H,25,27)/t16-,17+/m1/s1. The number of alkyl carbamates (subject to hydrolysis) is 1. The summed E-state index contributed by atoms with van der Waals surface area (Å²) >= 11 is 0. The molecule has 0 aliphatic heterocycles. The molecular weight excluding hydrogens is 372 g/mol. The van der Waals surface area contributed by atoms with E-state index in [1.807, 2.05) is 18.2 Å². The van der Waals surface area contributed by atoms with Crippen LogP contribution in [0.25, 0.3) is 0 Å². The van der Waals surface area contributed by atoms with E-state index in [1.54, 1.807) is 58.2 Å². The van der Waals surface area contributed by atoms with E-state index in [0.29, 0.717) is 17.1 Å². The van der Waals surface area contributed by atoms with Gasteiger partial charge in [-0.15, -0.1) is 0 Å². The number of hydrogen-bond donors (Lipinski definition) is 3. The molecule has 2 rings (SSSR count). The van der Waals surface area contributed by atoms with Crippen molar-refractivity contribution < 1.29 is 19.1 Å². The maximum atomic E-state index is 12.8. The van der Waals surface area contributed by atoms with E-state index < -0.39 is 29.7 Å². The Balaban J connectivity index is 2.41. The van der Waals surface area contributed by atoms with Crippen LogP contribution in [0, 0.1) is 0 Å². The predicted octanol–water partition coefficient (Wildman–Crippen LogP) is 3.27. The van der Waals surface area contributed by atoms with E-state index in [9.17, 15) is 9.59 Å². The van der Waals surface area contributed by atoms with Crippen LogP contribution < -0.4 is 16.4 Å². The highest BCUT2D eigenvalue weighted by atomic mass is 16.6. The van der Waals surface area contributed by atoms with Crippen LogP contribution in [0.3, 0.4) is 0 Å². The van der Waals surface area contributed by atoms with Gasteiger partial charge in [0.1, 0.15) is 11.4 Å². The van der Waals surface area contributed by atoms with Crippen LogP contribution >= 0.6 is 0 Å².